The second kappa shape index (κ2) is 6.14. The van der Waals surface area contributed by atoms with Crippen LogP contribution in [0.2, 0.25) is 0 Å². The number of rotatable bonds is 4. The van der Waals surface area contributed by atoms with E-state index in [9.17, 15) is 5.11 Å². The second-order valence-electron chi connectivity index (χ2n) is 5.21. The first kappa shape index (κ1) is 13.9. The lowest BCUT2D eigenvalue weighted by molar-refractivity contribution is 0.0640. The molecule has 0 aliphatic carbocycles. The molecule has 2 unspecified atom stereocenters. The van der Waals surface area contributed by atoms with Gasteiger partial charge in [0.1, 0.15) is 11.5 Å². The summed E-state index contributed by atoms with van der Waals surface area (Å²) in [5, 5.41) is 10.6. The molecule has 1 aliphatic rings. The van der Waals surface area contributed by atoms with Gasteiger partial charge in [-0.15, -0.1) is 0 Å². The van der Waals surface area contributed by atoms with Gasteiger partial charge in [-0.3, -0.25) is 4.98 Å². The fraction of sp³-hybridized carbons (Fsp3) is 0.353. The van der Waals surface area contributed by atoms with Gasteiger partial charge in [0.2, 0.25) is 0 Å². The molecule has 2 heterocycles. The molecule has 4 heteroatoms. The van der Waals surface area contributed by atoms with E-state index in [4.69, 9.17) is 9.47 Å². The topological polar surface area (TPSA) is 51.6 Å². The molecule has 110 valence electrons. The van der Waals surface area contributed by atoms with Crippen LogP contribution in [0.15, 0.2) is 42.7 Å². The van der Waals surface area contributed by atoms with Crippen LogP contribution in [0.25, 0.3) is 0 Å². The van der Waals surface area contributed by atoms with Crippen LogP contribution in [-0.2, 0) is 6.42 Å². The van der Waals surface area contributed by atoms with Crippen LogP contribution in [-0.4, -0.2) is 23.3 Å². The molecule has 0 saturated carbocycles. The standard InChI is InChI=1S/C17H19NO3/c1-2-20-15-8-13(9-18-10-15)17(19)14-7-12-5-3-4-6-16(12)21-11-14/h3-6,8-10,14,17,19H,2,7,11H2,1H3. The number of aliphatic hydroxyl groups is 1. The zero-order chi connectivity index (χ0) is 14.7. The van der Waals surface area contributed by atoms with Gasteiger partial charge < -0.3 is 14.6 Å². The van der Waals surface area contributed by atoms with E-state index in [1.165, 1.54) is 0 Å². The van der Waals surface area contributed by atoms with E-state index in [1.54, 1.807) is 12.4 Å². The third-order valence-corrected chi connectivity index (χ3v) is 3.74. The fourth-order valence-electron chi connectivity index (χ4n) is 2.67. The van der Waals surface area contributed by atoms with Crippen LogP contribution in [0.4, 0.5) is 0 Å². The highest BCUT2D eigenvalue weighted by Crippen LogP contribution is 2.34. The molecule has 0 bridgehead atoms. The maximum Gasteiger partial charge on any atom is 0.137 e. The van der Waals surface area contributed by atoms with Gasteiger partial charge in [0.15, 0.2) is 0 Å². The number of pyridine rings is 1. The lowest BCUT2D eigenvalue weighted by Crippen LogP contribution is -2.26. The highest BCUT2D eigenvalue weighted by Gasteiger charge is 2.27. The van der Waals surface area contributed by atoms with Crippen LogP contribution in [0.3, 0.4) is 0 Å². The zero-order valence-corrected chi connectivity index (χ0v) is 12.0. The van der Waals surface area contributed by atoms with Gasteiger partial charge in [0, 0.05) is 17.7 Å². The maximum absolute atomic E-state index is 10.6. The molecule has 0 spiro atoms. The van der Waals surface area contributed by atoms with Crippen molar-refractivity contribution in [1.29, 1.82) is 0 Å². The fourth-order valence-corrected chi connectivity index (χ4v) is 2.67. The number of para-hydroxylation sites is 1. The summed E-state index contributed by atoms with van der Waals surface area (Å²) in [4.78, 5) is 4.14. The normalized spacial score (nSPS) is 18.5. The monoisotopic (exact) mass is 285 g/mol. The molecule has 0 amide bonds. The third-order valence-electron chi connectivity index (χ3n) is 3.74. The number of fused-ring (bicyclic) bond motifs is 1. The van der Waals surface area contributed by atoms with Gasteiger partial charge >= 0.3 is 0 Å². The number of aromatic nitrogens is 1. The molecule has 4 nitrogen and oxygen atoms in total. The van der Waals surface area contributed by atoms with Crippen molar-refractivity contribution in [3.05, 3.63) is 53.9 Å². The predicted molar refractivity (Wildman–Crippen MR) is 79.5 cm³/mol. The summed E-state index contributed by atoms with van der Waals surface area (Å²) < 4.78 is 11.2. The molecular formula is C17H19NO3. The molecule has 3 rings (SSSR count). The summed E-state index contributed by atoms with van der Waals surface area (Å²) in [6.45, 7) is 3.02. The molecule has 2 aromatic rings. The Morgan fingerprint density at radius 1 is 1.38 bits per heavy atom. The van der Waals surface area contributed by atoms with Crippen LogP contribution < -0.4 is 9.47 Å². The predicted octanol–water partition coefficient (Wildman–Crippen LogP) is 2.77. The van der Waals surface area contributed by atoms with E-state index in [1.807, 2.05) is 37.3 Å². The molecule has 1 aromatic heterocycles. The number of hydrogen-bond acceptors (Lipinski definition) is 4. The van der Waals surface area contributed by atoms with Gasteiger partial charge in [-0.2, -0.15) is 0 Å². The minimum atomic E-state index is -0.605. The largest absolute Gasteiger partial charge is 0.493 e. The van der Waals surface area contributed by atoms with E-state index in [-0.39, 0.29) is 5.92 Å². The third kappa shape index (κ3) is 3.00. The van der Waals surface area contributed by atoms with E-state index in [0.29, 0.717) is 19.0 Å². The summed E-state index contributed by atoms with van der Waals surface area (Å²) in [7, 11) is 0. The summed E-state index contributed by atoms with van der Waals surface area (Å²) in [6, 6.07) is 9.82. The van der Waals surface area contributed by atoms with Crippen molar-refractivity contribution in [2.24, 2.45) is 5.92 Å². The molecule has 0 fully saturated rings. The van der Waals surface area contributed by atoms with Crippen LogP contribution >= 0.6 is 0 Å². The van der Waals surface area contributed by atoms with E-state index in [2.05, 4.69) is 4.98 Å². The number of hydrogen-bond donors (Lipinski definition) is 1. The Balaban J connectivity index is 1.77. The molecule has 1 aromatic carbocycles. The average Bonchev–Trinajstić information content (AvgIpc) is 2.54. The Morgan fingerprint density at radius 3 is 3.10 bits per heavy atom. The van der Waals surface area contributed by atoms with Crippen LogP contribution in [0.5, 0.6) is 11.5 Å². The van der Waals surface area contributed by atoms with Crippen molar-refractivity contribution in [2.75, 3.05) is 13.2 Å². The quantitative estimate of drug-likeness (QED) is 0.938. The molecule has 0 radical (unpaired) electrons. The second-order valence-corrected chi connectivity index (χ2v) is 5.21. The SMILES string of the molecule is CCOc1cncc(C(O)C2COc3ccccc3C2)c1. The maximum atomic E-state index is 10.6. The van der Waals surface area contributed by atoms with Crippen molar-refractivity contribution in [3.63, 3.8) is 0 Å². The number of benzene rings is 1. The van der Waals surface area contributed by atoms with E-state index >= 15 is 0 Å². The van der Waals surface area contributed by atoms with Crippen LogP contribution in [0.1, 0.15) is 24.2 Å². The average molecular weight is 285 g/mol. The van der Waals surface area contributed by atoms with Gasteiger partial charge in [0.25, 0.3) is 0 Å². The Kier molecular flexibility index (Phi) is 4.06. The van der Waals surface area contributed by atoms with Gasteiger partial charge in [-0.05, 0) is 31.0 Å². The van der Waals surface area contributed by atoms with Crippen molar-refractivity contribution < 1.29 is 14.6 Å². The molecule has 2 atom stereocenters. The Morgan fingerprint density at radius 2 is 2.24 bits per heavy atom. The van der Waals surface area contributed by atoms with Crippen molar-refractivity contribution in [2.45, 2.75) is 19.4 Å². The highest BCUT2D eigenvalue weighted by molar-refractivity contribution is 5.36. The molecule has 21 heavy (non-hydrogen) atoms. The first-order valence-electron chi connectivity index (χ1n) is 7.24. The zero-order valence-electron chi connectivity index (χ0n) is 12.0. The molecule has 1 N–H and O–H groups in total. The minimum absolute atomic E-state index is 0.0265. The first-order chi connectivity index (χ1) is 10.3. The number of aliphatic hydroxyl groups excluding tert-OH is 1. The molecule has 0 saturated heterocycles. The lowest BCUT2D eigenvalue weighted by Gasteiger charge is -2.29. The Labute approximate surface area is 124 Å². The lowest BCUT2D eigenvalue weighted by atomic mass is 9.89. The van der Waals surface area contributed by atoms with Crippen molar-refractivity contribution in [3.8, 4) is 11.5 Å². The minimum Gasteiger partial charge on any atom is -0.493 e. The smallest absolute Gasteiger partial charge is 0.137 e. The summed E-state index contributed by atoms with van der Waals surface area (Å²) in [6.07, 6.45) is 3.54. The summed E-state index contributed by atoms with van der Waals surface area (Å²) in [5.41, 5.74) is 1.91. The summed E-state index contributed by atoms with van der Waals surface area (Å²) >= 11 is 0. The van der Waals surface area contributed by atoms with Crippen molar-refractivity contribution >= 4 is 0 Å². The van der Waals surface area contributed by atoms with Gasteiger partial charge in [0.05, 0.1) is 25.5 Å². The number of nitrogens with zero attached hydrogens (tertiary/aromatic N) is 1. The van der Waals surface area contributed by atoms with E-state index in [0.717, 1.165) is 23.3 Å². The van der Waals surface area contributed by atoms with E-state index < -0.39 is 6.10 Å². The summed E-state index contributed by atoms with van der Waals surface area (Å²) in [5.74, 6) is 1.63. The van der Waals surface area contributed by atoms with Gasteiger partial charge in [-0.25, -0.2) is 0 Å². The first-order valence-corrected chi connectivity index (χ1v) is 7.24. The van der Waals surface area contributed by atoms with Crippen molar-refractivity contribution in [1.82, 2.24) is 4.98 Å². The van der Waals surface area contributed by atoms with Gasteiger partial charge in [-0.1, -0.05) is 18.2 Å². The Hall–Kier alpha value is -2.07. The number of ether oxygens (including phenoxy) is 2. The molecule has 1 aliphatic heterocycles. The Bertz CT molecular complexity index is 614. The van der Waals surface area contributed by atoms with Crippen LogP contribution in [0, 0.1) is 5.92 Å². The highest BCUT2D eigenvalue weighted by atomic mass is 16.5. The molecular weight excluding hydrogens is 266 g/mol.